The van der Waals surface area contributed by atoms with E-state index in [1.807, 2.05) is 0 Å². The maximum absolute atomic E-state index is 10.5. The van der Waals surface area contributed by atoms with Gasteiger partial charge in [0.05, 0.1) is 88.0 Å². The van der Waals surface area contributed by atoms with Crippen LogP contribution in [-0.2, 0) is 0 Å². The van der Waals surface area contributed by atoms with Crippen LogP contribution in [0.4, 0.5) is 0 Å². The molecule has 0 aliphatic heterocycles. The van der Waals surface area contributed by atoms with Crippen molar-refractivity contribution in [2.24, 2.45) is 0 Å². The Kier molecular flexibility index (Phi) is 3.26. The van der Waals surface area contributed by atoms with Crippen molar-refractivity contribution in [1.29, 1.82) is 0 Å². The first-order chi connectivity index (χ1) is 48.4. The van der Waals surface area contributed by atoms with Crippen LogP contribution in [0.15, 0.2) is 246 Å². The van der Waals surface area contributed by atoms with E-state index < -0.39 is 359 Å². The highest BCUT2D eigenvalue weighted by molar-refractivity contribution is 7.19. The second-order valence-corrected chi connectivity index (χ2v) is 17.3. The number of furan rings is 1. The Labute approximate surface area is 427 Å². The van der Waals surface area contributed by atoms with E-state index in [9.17, 15) is 28.8 Å². The summed E-state index contributed by atoms with van der Waals surface area (Å²) in [4.78, 5) is 0. The van der Waals surface area contributed by atoms with Gasteiger partial charge in [-0.05, 0) is 74.2 Å². The van der Waals surface area contributed by atoms with E-state index >= 15 is 0 Å². The van der Waals surface area contributed by atoms with Gasteiger partial charge < -0.3 is 13.6 Å². The second-order valence-electron chi connectivity index (χ2n) is 13.8. The van der Waals surface area contributed by atoms with Crippen molar-refractivity contribution in [3.8, 4) is 22.5 Å². The molecule has 0 N–H and O–H groups in total. The van der Waals surface area contributed by atoms with E-state index in [0.717, 1.165) is 4.57 Å². The summed E-state index contributed by atoms with van der Waals surface area (Å²) in [7, 11) is -6.80. The maximum atomic E-state index is 10.5. The summed E-state index contributed by atoms with van der Waals surface area (Å²) in [6.45, 7) is 0. The average molecular weight is 873 g/mol. The Morgan fingerprint density at radius 2 is 0.781 bits per heavy atom. The number of hydrogen-bond donors (Lipinski definition) is 0. The molecule has 0 unspecified atom stereocenters. The zero-order valence-corrected chi connectivity index (χ0v) is 32.8. The highest BCUT2D eigenvalue weighted by Gasteiger charge is 2.41. The Morgan fingerprint density at radius 3 is 1.36 bits per heavy atom. The molecule has 3 heterocycles. The summed E-state index contributed by atoms with van der Waals surface area (Å²) < 4.78 is 382. The van der Waals surface area contributed by atoms with Gasteiger partial charge in [0, 0.05) is 32.6 Å². The summed E-state index contributed by atoms with van der Waals surface area (Å²) in [5.74, 6) is 0. The minimum Gasteiger partial charge on any atom is -0.454 e. The third kappa shape index (κ3) is 5.33. The van der Waals surface area contributed by atoms with Crippen molar-refractivity contribution in [3.63, 3.8) is 0 Å². The molecule has 0 atom stereocenters. The Morgan fingerprint density at radius 1 is 0.359 bits per heavy atom. The standard InChI is InChI=1S/C60H40N2OSi/c1-4-18-41(19-5-1)42-32-36-46(37-33-42)64(44-20-6-2-7-21-44,45-22-8-3-9-23-45)47-38-34-43(35-39-47)61-53-28-14-12-26-50(53)52-40-56(60-58(59(52)61)51-27-13-17-31-57(51)63-60)62-54-29-15-10-24-48(54)49-25-11-16-30-55(49)62/h1-40H/i1D,2D,3D,4D,5D,6D,7D,8D,9D,10D,11D,12D,13D,14D,15D,16D,17D,18D,19D,20D,21D,22D,23D,24D,25D,26D,27D,28D,29D,30D,31D,32D,33D,34D,35D,36D,37D,38D,39D,40D. The molecule has 10 aromatic carbocycles. The molecule has 0 saturated heterocycles. The molecule has 3 nitrogen and oxygen atoms in total. The lowest BCUT2D eigenvalue weighted by Gasteiger charge is -2.34. The fraction of sp³-hybridized carbons (Fsp3) is 0. The van der Waals surface area contributed by atoms with Crippen molar-refractivity contribution in [2.75, 3.05) is 0 Å². The lowest BCUT2D eigenvalue weighted by molar-refractivity contribution is 0.666. The summed E-state index contributed by atoms with van der Waals surface area (Å²) in [5, 5.41) is -9.78. The molecule has 0 radical (unpaired) electrons. The van der Waals surface area contributed by atoms with Gasteiger partial charge in [-0.2, -0.15) is 0 Å². The number of nitrogens with zero attached hydrogens (tertiary/aromatic N) is 2. The minimum absolute atomic E-state index is 0.570. The van der Waals surface area contributed by atoms with Crippen LogP contribution in [0, 0.1) is 0 Å². The summed E-state index contributed by atoms with van der Waals surface area (Å²) in [5.41, 5.74) is -9.07. The van der Waals surface area contributed by atoms with Crippen molar-refractivity contribution >= 4 is 94.4 Å². The largest absolute Gasteiger partial charge is 0.454 e. The molecule has 13 rings (SSSR count). The topological polar surface area (TPSA) is 23.0 Å². The number of benzene rings is 10. The number of fused-ring (bicyclic) bond motifs is 10. The van der Waals surface area contributed by atoms with Crippen LogP contribution in [0.25, 0.3) is 88.1 Å². The van der Waals surface area contributed by atoms with E-state index in [2.05, 4.69) is 0 Å². The minimum atomic E-state index is -6.80. The van der Waals surface area contributed by atoms with Gasteiger partial charge in [-0.3, -0.25) is 0 Å². The van der Waals surface area contributed by atoms with Crippen LogP contribution in [0.1, 0.15) is 54.8 Å². The van der Waals surface area contributed by atoms with Gasteiger partial charge >= 0.3 is 0 Å². The van der Waals surface area contributed by atoms with E-state index in [1.54, 1.807) is 0 Å². The fourth-order valence-corrected chi connectivity index (χ4v) is 11.5. The first kappa shape index (κ1) is 14.4. The predicted molar refractivity (Wildman–Crippen MR) is 271 cm³/mol. The summed E-state index contributed by atoms with van der Waals surface area (Å²) in [6, 6.07) is -48.1. The normalized spacial score (nSPS) is 20.8. The van der Waals surface area contributed by atoms with Crippen molar-refractivity contribution in [2.45, 2.75) is 0 Å². The van der Waals surface area contributed by atoms with Crippen LogP contribution in [0.5, 0.6) is 0 Å². The van der Waals surface area contributed by atoms with Gasteiger partial charge in [-0.15, -0.1) is 0 Å². The van der Waals surface area contributed by atoms with Crippen LogP contribution in [0.2, 0.25) is 0 Å². The lowest BCUT2D eigenvalue weighted by Crippen LogP contribution is -2.74. The number of para-hydroxylation sites is 4. The quantitative estimate of drug-likeness (QED) is 0.116. The average Bonchev–Trinajstić information content (AvgIpc) is 1.26. The Hall–Kier alpha value is -8.18. The zero-order chi connectivity index (χ0) is 77.0. The Balaban J connectivity index is 1.34. The summed E-state index contributed by atoms with van der Waals surface area (Å²) in [6.07, 6.45) is 0. The molecule has 0 bridgehead atoms. The zero-order valence-electron chi connectivity index (χ0n) is 71.8. The molecule has 4 heteroatoms. The van der Waals surface area contributed by atoms with Crippen LogP contribution < -0.4 is 20.7 Å². The van der Waals surface area contributed by atoms with Gasteiger partial charge in [0.25, 0.3) is 0 Å². The SMILES string of the molecule is [2H]c1c([2H])c([2H])c(-c2c([2H])c([2H])c([Si](c3c([2H])c([2H])c([2H])c([2H])c3[2H])(c3c([2H])c([2H])c([2H])c([2H])c3[2H])c3c([2H])c([2H])c(-n4c5c([2H])c([2H])c([2H])c([2H])c5c5c([2H])c(-n6c7c([2H])c([2H])c([2H])c([2H])c7c7c([2H])c([2H])c([2H])c([2H])c76)c6oc7c([2H])c([2H])c([2H])c([2H])c7c6c54)c([2H])c3[2H])c([2H])c2[2H])c([2H])c1[2H]. The smallest absolute Gasteiger partial charge is 0.179 e. The number of hydrogen-bond acceptors (Lipinski definition) is 1. The summed E-state index contributed by atoms with van der Waals surface area (Å²) >= 11 is 0. The monoisotopic (exact) mass is 873 g/mol. The molecule has 0 spiro atoms. The van der Waals surface area contributed by atoms with E-state index in [0.29, 0.717) is 4.57 Å². The van der Waals surface area contributed by atoms with Gasteiger partial charge in [-0.1, -0.05) is 199 Å². The van der Waals surface area contributed by atoms with E-state index in [4.69, 9.17) is 30.5 Å². The predicted octanol–water partition coefficient (Wildman–Crippen LogP) is 12.8. The fourth-order valence-electron chi connectivity index (χ4n) is 8.00. The van der Waals surface area contributed by atoms with Crippen LogP contribution in [-0.4, -0.2) is 17.2 Å². The van der Waals surface area contributed by atoms with Crippen LogP contribution >= 0.6 is 0 Å². The molecule has 3 aromatic heterocycles. The first-order valence-electron chi connectivity index (χ1n) is 38.7. The number of rotatable bonds is 7. The molecule has 0 aliphatic rings. The molecule has 0 fully saturated rings. The van der Waals surface area contributed by atoms with Crippen molar-refractivity contribution in [3.05, 3.63) is 242 Å². The molecule has 0 amide bonds. The number of aromatic nitrogens is 2. The molecule has 0 saturated carbocycles. The molecule has 300 valence electrons. The molecule has 0 aliphatic carbocycles. The molecule has 13 aromatic rings. The highest BCUT2D eigenvalue weighted by atomic mass is 28.3. The van der Waals surface area contributed by atoms with E-state index in [-0.39, 0.29) is 0 Å². The van der Waals surface area contributed by atoms with Gasteiger partial charge in [0.15, 0.2) is 13.7 Å². The van der Waals surface area contributed by atoms with Gasteiger partial charge in [-0.25, -0.2) is 0 Å². The van der Waals surface area contributed by atoms with Crippen LogP contribution in [0.3, 0.4) is 0 Å². The third-order valence-corrected chi connectivity index (χ3v) is 14.6. The second kappa shape index (κ2) is 14.5. The highest BCUT2D eigenvalue weighted by Crippen LogP contribution is 2.45. The molecule has 64 heavy (non-hydrogen) atoms. The first-order valence-corrected chi connectivity index (χ1v) is 20.7. The van der Waals surface area contributed by atoms with Gasteiger partial charge in [0.1, 0.15) is 5.58 Å². The van der Waals surface area contributed by atoms with E-state index in [1.165, 1.54) is 0 Å². The maximum Gasteiger partial charge on any atom is 0.179 e. The van der Waals surface area contributed by atoms with Crippen molar-refractivity contribution in [1.82, 2.24) is 9.13 Å². The Bertz CT molecular complexity index is 6020. The third-order valence-electron chi connectivity index (χ3n) is 10.6. The van der Waals surface area contributed by atoms with Crippen molar-refractivity contribution < 1.29 is 59.2 Å². The lowest BCUT2D eigenvalue weighted by atomic mass is 10.1. The molecular weight excluding hydrogens is 793 g/mol. The van der Waals surface area contributed by atoms with Gasteiger partial charge in [0.2, 0.25) is 0 Å². The molecular formula is C60H40N2OSi.